The molecule has 2 heteroatoms. The van der Waals surface area contributed by atoms with Crippen LogP contribution in [0.2, 0.25) is 0 Å². The third-order valence-electron chi connectivity index (χ3n) is 0.434. The van der Waals surface area contributed by atoms with Crippen LogP contribution in [0.15, 0.2) is 29.6 Å². The van der Waals surface area contributed by atoms with Gasteiger partial charge in [-0.1, -0.05) is 34.3 Å². The van der Waals surface area contributed by atoms with Crippen LogP contribution in [-0.2, 0) is 0 Å². The molecule has 0 saturated heterocycles. The summed E-state index contributed by atoms with van der Waals surface area (Å²) < 4.78 is 0. The van der Waals surface area contributed by atoms with Crippen molar-refractivity contribution in [3.05, 3.63) is 24.6 Å². The topological polar surface area (TPSA) is 32.6 Å². The zero-order valence-corrected chi connectivity index (χ0v) is 8.89. The Kier molecular flexibility index (Phi) is 23.6. The van der Waals surface area contributed by atoms with Crippen LogP contribution >= 0.6 is 0 Å². The fourth-order valence-corrected chi connectivity index (χ4v) is 0.185. The maximum atomic E-state index is 8.37. The molecule has 0 aromatic rings. The van der Waals surface area contributed by atoms with Gasteiger partial charge >= 0.3 is 0 Å². The molecule has 0 fully saturated rings. The van der Waals surface area contributed by atoms with Crippen LogP contribution in [0.3, 0.4) is 0 Å². The van der Waals surface area contributed by atoms with Gasteiger partial charge in [0.1, 0.15) is 0 Å². The monoisotopic (exact) mass is 171 g/mol. The summed E-state index contributed by atoms with van der Waals surface area (Å²) in [6.45, 7) is 16.5. The normalized spacial score (nSPS) is 7.42. The van der Waals surface area contributed by atoms with E-state index >= 15 is 0 Å². The van der Waals surface area contributed by atoms with E-state index in [9.17, 15) is 0 Å². The maximum absolute atomic E-state index is 8.37. The van der Waals surface area contributed by atoms with Crippen LogP contribution in [-0.4, -0.2) is 11.3 Å². The number of rotatable bonds is 2. The van der Waals surface area contributed by atoms with E-state index in [1.165, 1.54) is 6.21 Å². The number of allylic oxidation sites excluding steroid dienone is 1. The summed E-state index contributed by atoms with van der Waals surface area (Å²) in [6, 6.07) is 0. The number of aliphatic hydroxyl groups is 1. The molecule has 0 heterocycles. The lowest BCUT2D eigenvalue weighted by molar-refractivity contribution is 0.410. The van der Waals surface area contributed by atoms with E-state index in [0.29, 0.717) is 0 Å². The first-order chi connectivity index (χ1) is 5.63. The lowest BCUT2D eigenvalue weighted by atomic mass is 10.4. The molecule has 0 aliphatic carbocycles. The van der Waals surface area contributed by atoms with Crippen molar-refractivity contribution in [3.8, 4) is 0 Å². The van der Waals surface area contributed by atoms with Crippen LogP contribution < -0.4 is 0 Å². The molecule has 2 nitrogen and oxygen atoms in total. The predicted octanol–water partition coefficient (Wildman–Crippen LogP) is 3.71. The van der Waals surface area contributed by atoms with E-state index in [2.05, 4.69) is 18.2 Å². The van der Waals surface area contributed by atoms with Gasteiger partial charge in [0.25, 0.3) is 0 Å². The van der Waals surface area contributed by atoms with Gasteiger partial charge in [-0.05, 0) is 19.1 Å². The number of nitrogens with zero attached hydrogens (tertiary/aromatic N) is 1. The van der Waals surface area contributed by atoms with Crippen molar-refractivity contribution in [2.24, 2.45) is 4.99 Å². The van der Waals surface area contributed by atoms with Crippen LogP contribution in [0, 0.1) is 0 Å². The molecule has 0 aliphatic heterocycles. The summed E-state index contributed by atoms with van der Waals surface area (Å²) in [7, 11) is 0. The zero-order chi connectivity index (χ0) is 10.6. The predicted molar refractivity (Wildman–Crippen MR) is 57.8 cm³/mol. The van der Waals surface area contributed by atoms with Gasteiger partial charge in [0.15, 0.2) is 0 Å². The van der Waals surface area contributed by atoms with E-state index in [1.807, 2.05) is 27.7 Å². The molecule has 0 rings (SSSR count). The highest BCUT2D eigenvalue weighted by Gasteiger charge is 1.75. The number of hydrogen-bond donors (Lipinski definition) is 1. The smallest absolute Gasteiger partial charge is 0.203 e. The summed E-state index contributed by atoms with van der Waals surface area (Å²) in [4.78, 5) is 3.46. The summed E-state index contributed by atoms with van der Waals surface area (Å²) in [6.07, 6.45) is 1.45. The van der Waals surface area contributed by atoms with Crippen molar-refractivity contribution < 1.29 is 5.11 Å². The quantitative estimate of drug-likeness (QED) is 0.498. The molecule has 0 spiro atoms. The first-order valence-corrected chi connectivity index (χ1v) is 4.20. The third kappa shape index (κ3) is 36.3. The molecule has 0 amide bonds. The van der Waals surface area contributed by atoms with Crippen molar-refractivity contribution in [2.75, 3.05) is 0 Å². The highest BCUT2D eigenvalue weighted by molar-refractivity contribution is 5.77. The Labute approximate surface area is 76.3 Å². The second kappa shape index (κ2) is 16.5. The molecule has 0 bridgehead atoms. The Morgan fingerprint density at radius 3 is 1.58 bits per heavy atom. The first-order valence-electron chi connectivity index (χ1n) is 4.20. The fourth-order valence-electron chi connectivity index (χ4n) is 0.185. The summed E-state index contributed by atoms with van der Waals surface area (Å²) in [5, 5.41) is 8.37. The molecule has 0 saturated carbocycles. The molecular weight excluding hydrogens is 150 g/mol. The minimum atomic E-state index is -0.187. The van der Waals surface area contributed by atoms with E-state index in [-0.39, 0.29) is 5.88 Å². The number of aliphatic imine (C=N–C) groups is 1. The van der Waals surface area contributed by atoms with Crippen molar-refractivity contribution in [1.82, 2.24) is 0 Å². The van der Waals surface area contributed by atoms with Crippen LogP contribution in [0.25, 0.3) is 0 Å². The van der Waals surface area contributed by atoms with E-state index in [1.54, 1.807) is 6.92 Å². The van der Waals surface area contributed by atoms with Gasteiger partial charge in [0.05, 0.1) is 0 Å². The van der Waals surface area contributed by atoms with Gasteiger partial charge in [-0.3, -0.25) is 0 Å². The largest absolute Gasteiger partial charge is 0.494 e. The molecule has 1 N–H and O–H groups in total. The van der Waals surface area contributed by atoms with E-state index in [4.69, 9.17) is 5.11 Å². The van der Waals surface area contributed by atoms with Gasteiger partial charge in [0, 0.05) is 6.21 Å². The van der Waals surface area contributed by atoms with E-state index in [0.717, 1.165) is 5.57 Å². The molecular formula is C10H21NO. The van der Waals surface area contributed by atoms with Gasteiger partial charge in [0.2, 0.25) is 5.88 Å². The lowest BCUT2D eigenvalue weighted by Gasteiger charge is -1.83. The summed E-state index contributed by atoms with van der Waals surface area (Å²) >= 11 is 0. The van der Waals surface area contributed by atoms with Crippen LogP contribution in [0.5, 0.6) is 0 Å². The van der Waals surface area contributed by atoms with Gasteiger partial charge in [-0.2, -0.15) is 0 Å². The van der Waals surface area contributed by atoms with Crippen molar-refractivity contribution in [2.45, 2.75) is 34.6 Å². The minimum absolute atomic E-state index is 0.187. The number of hydrogen-bond acceptors (Lipinski definition) is 2. The zero-order valence-electron chi connectivity index (χ0n) is 8.89. The van der Waals surface area contributed by atoms with Crippen LogP contribution in [0.4, 0.5) is 0 Å². The molecule has 72 valence electrons. The van der Waals surface area contributed by atoms with Crippen molar-refractivity contribution in [3.63, 3.8) is 0 Å². The molecule has 0 radical (unpaired) electrons. The second-order valence-corrected chi connectivity index (χ2v) is 1.52. The summed E-state index contributed by atoms with van der Waals surface area (Å²) in [5.74, 6) is -0.187. The van der Waals surface area contributed by atoms with Crippen molar-refractivity contribution in [1.29, 1.82) is 0 Å². The molecule has 0 unspecified atom stereocenters. The maximum Gasteiger partial charge on any atom is 0.203 e. The standard InChI is InChI=1S/C6H9NO.2C2H6/c1-5(2)4-7-6(3)8;2*1-2/h4,8H,1,3H2,2H3;2*1-2H3/b7-4-;;. The molecule has 0 atom stereocenters. The van der Waals surface area contributed by atoms with Gasteiger partial charge in [-0.25, -0.2) is 4.99 Å². The number of aliphatic hydroxyl groups excluding tert-OH is 1. The fraction of sp³-hybridized carbons (Fsp3) is 0.500. The molecule has 0 aromatic carbocycles. The SMILES string of the molecule is C=C(C)/C=N\C(=C)O.CC.CC. The third-order valence-corrected chi connectivity index (χ3v) is 0.434. The van der Waals surface area contributed by atoms with Gasteiger partial charge in [-0.15, -0.1) is 0 Å². The van der Waals surface area contributed by atoms with Crippen molar-refractivity contribution >= 4 is 6.21 Å². The highest BCUT2D eigenvalue weighted by Crippen LogP contribution is 1.85. The second-order valence-electron chi connectivity index (χ2n) is 1.52. The Morgan fingerprint density at radius 2 is 1.50 bits per heavy atom. The minimum Gasteiger partial charge on any atom is -0.494 e. The Morgan fingerprint density at radius 1 is 1.17 bits per heavy atom. The molecule has 0 aromatic heterocycles. The van der Waals surface area contributed by atoms with Crippen LogP contribution in [0.1, 0.15) is 34.6 Å². The molecule has 12 heavy (non-hydrogen) atoms. The first kappa shape index (κ1) is 17.2. The summed E-state index contributed by atoms with van der Waals surface area (Å²) in [5.41, 5.74) is 0.792. The molecule has 0 aliphatic rings. The highest BCUT2D eigenvalue weighted by atomic mass is 16.3. The Balaban J connectivity index is -0.000000175. The average molecular weight is 171 g/mol. The Bertz CT molecular complexity index is 121. The average Bonchev–Trinajstić information content (AvgIpc) is 2.08. The van der Waals surface area contributed by atoms with Gasteiger partial charge < -0.3 is 5.11 Å². The van der Waals surface area contributed by atoms with E-state index < -0.39 is 0 Å². The Hall–Kier alpha value is -1.05. The lowest BCUT2D eigenvalue weighted by Crippen LogP contribution is -1.75.